The molecule has 6 nitrogen and oxygen atoms in total. The van der Waals surface area contributed by atoms with Crippen molar-refractivity contribution in [2.75, 3.05) is 37.0 Å². The highest BCUT2D eigenvalue weighted by molar-refractivity contribution is 9.10. The summed E-state index contributed by atoms with van der Waals surface area (Å²) in [4.78, 5) is 15.2. The number of aryl methyl sites for hydroxylation is 1. The molecule has 0 atom stereocenters. The van der Waals surface area contributed by atoms with E-state index in [1.165, 1.54) is 23.6 Å². The van der Waals surface area contributed by atoms with E-state index < -0.39 is 10.0 Å². The van der Waals surface area contributed by atoms with Gasteiger partial charge in [-0.1, -0.05) is 40.0 Å². The lowest BCUT2D eigenvalue weighted by atomic mass is 10.1. The fraction of sp³-hybridized carbons (Fsp3) is 0.435. The van der Waals surface area contributed by atoms with Gasteiger partial charge < -0.3 is 10.2 Å². The molecule has 0 radical (unpaired) electrons. The van der Waals surface area contributed by atoms with Crippen LogP contribution in [0.15, 0.2) is 57.9 Å². The van der Waals surface area contributed by atoms with Crippen LogP contribution in [0.3, 0.4) is 0 Å². The van der Waals surface area contributed by atoms with Crippen LogP contribution >= 0.6 is 15.9 Å². The first-order valence-electron chi connectivity index (χ1n) is 10.7. The molecule has 0 unspecified atom stereocenters. The molecule has 1 aliphatic heterocycles. The van der Waals surface area contributed by atoms with Crippen LogP contribution in [0.25, 0.3) is 0 Å². The van der Waals surface area contributed by atoms with Crippen LogP contribution in [-0.4, -0.2) is 51.9 Å². The Bertz CT molecular complexity index is 957. The fourth-order valence-corrected chi connectivity index (χ4v) is 5.34. The van der Waals surface area contributed by atoms with E-state index in [1.54, 1.807) is 48.5 Å². The second-order valence-electron chi connectivity index (χ2n) is 7.91. The zero-order chi connectivity index (χ0) is 22.3. The van der Waals surface area contributed by atoms with Crippen molar-refractivity contribution in [1.29, 1.82) is 0 Å². The molecule has 1 N–H and O–H groups in total. The summed E-state index contributed by atoms with van der Waals surface area (Å²) in [5.74, 6) is -0.308. The van der Waals surface area contributed by atoms with Crippen LogP contribution in [-0.2, 0) is 14.8 Å². The molecule has 0 bridgehead atoms. The van der Waals surface area contributed by atoms with E-state index in [2.05, 4.69) is 26.1 Å². The molecule has 3 rings (SSSR count). The molecule has 168 valence electrons. The molecule has 1 heterocycles. The fourth-order valence-electron chi connectivity index (χ4n) is 3.66. The Hall–Kier alpha value is -1.90. The molecule has 1 aliphatic rings. The normalized spacial score (nSPS) is 14.9. The molecule has 1 amide bonds. The first-order valence-corrected chi connectivity index (χ1v) is 12.9. The first kappa shape index (κ1) is 23.8. The Balaban J connectivity index is 1.67. The molecule has 0 spiro atoms. The molecule has 31 heavy (non-hydrogen) atoms. The van der Waals surface area contributed by atoms with Crippen molar-refractivity contribution in [3.05, 3.63) is 58.6 Å². The van der Waals surface area contributed by atoms with Gasteiger partial charge in [0.2, 0.25) is 5.91 Å². The van der Waals surface area contributed by atoms with Gasteiger partial charge in [0.25, 0.3) is 10.0 Å². The number of carbonyl (C=O) groups is 1. The number of piperidine rings is 1. The second kappa shape index (κ2) is 11.1. The summed E-state index contributed by atoms with van der Waals surface area (Å²) in [5, 5.41) is 2.89. The molecular weight excluding hydrogens is 478 g/mol. The van der Waals surface area contributed by atoms with Crippen molar-refractivity contribution in [3.63, 3.8) is 0 Å². The Morgan fingerprint density at radius 3 is 2.32 bits per heavy atom. The van der Waals surface area contributed by atoms with E-state index in [4.69, 9.17) is 0 Å². The Morgan fingerprint density at radius 2 is 1.68 bits per heavy atom. The predicted molar refractivity (Wildman–Crippen MR) is 128 cm³/mol. The van der Waals surface area contributed by atoms with Gasteiger partial charge in [0.15, 0.2) is 0 Å². The summed E-state index contributed by atoms with van der Waals surface area (Å²) in [6, 6.07) is 13.6. The van der Waals surface area contributed by atoms with Crippen molar-refractivity contribution in [2.24, 2.45) is 0 Å². The predicted octanol–water partition coefficient (Wildman–Crippen LogP) is 3.95. The number of sulfonamides is 1. The highest BCUT2D eigenvalue weighted by Gasteiger charge is 2.27. The van der Waals surface area contributed by atoms with Gasteiger partial charge in [-0.25, -0.2) is 8.42 Å². The zero-order valence-electron chi connectivity index (χ0n) is 17.9. The van der Waals surface area contributed by atoms with Crippen molar-refractivity contribution < 1.29 is 13.2 Å². The summed E-state index contributed by atoms with van der Waals surface area (Å²) >= 11 is 3.37. The number of hydrogen-bond acceptors (Lipinski definition) is 4. The van der Waals surface area contributed by atoms with Crippen LogP contribution in [0.5, 0.6) is 0 Å². The molecule has 0 aliphatic carbocycles. The number of nitrogens with zero attached hydrogens (tertiary/aromatic N) is 2. The summed E-state index contributed by atoms with van der Waals surface area (Å²) in [5.41, 5.74) is 1.42. The Labute approximate surface area is 193 Å². The monoisotopic (exact) mass is 507 g/mol. The highest BCUT2D eigenvalue weighted by atomic mass is 79.9. The molecular formula is C23H30BrN3O3S. The lowest BCUT2D eigenvalue weighted by Gasteiger charge is -2.26. The average Bonchev–Trinajstić information content (AvgIpc) is 2.77. The van der Waals surface area contributed by atoms with E-state index in [9.17, 15) is 13.2 Å². The van der Waals surface area contributed by atoms with Crippen LogP contribution in [0.4, 0.5) is 5.69 Å². The summed E-state index contributed by atoms with van der Waals surface area (Å²) in [6.07, 6.45) is 4.64. The maximum Gasteiger partial charge on any atom is 0.264 e. The smallest absolute Gasteiger partial charge is 0.264 e. The SMILES string of the molecule is Cc1ccc(S(=O)(=O)N(CC(=O)NCCCN2CCCCC2)c2ccc(Br)cc2)cc1. The van der Waals surface area contributed by atoms with Gasteiger partial charge in [-0.3, -0.25) is 9.10 Å². The summed E-state index contributed by atoms with van der Waals surface area (Å²) in [7, 11) is -3.88. The Kier molecular flexibility index (Phi) is 8.51. The van der Waals surface area contributed by atoms with Crippen molar-refractivity contribution in [1.82, 2.24) is 10.2 Å². The number of carbonyl (C=O) groups excluding carboxylic acids is 1. The van der Waals surface area contributed by atoms with Crippen LogP contribution in [0, 0.1) is 6.92 Å². The van der Waals surface area contributed by atoms with Gasteiger partial charge >= 0.3 is 0 Å². The standard InChI is InChI=1S/C23H30BrN3O3S/c1-19-6-12-22(13-7-19)31(29,30)27(21-10-8-20(24)9-11-21)18-23(28)25-14-5-17-26-15-3-2-4-16-26/h6-13H,2-5,14-18H2,1H3,(H,25,28). The van der Waals surface area contributed by atoms with Gasteiger partial charge in [-0.15, -0.1) is 0 Å². The molecule has 1 saturated heterocycles. The number of amides is 1. The molecule has 2 aromatic carbocycles. The lowest BCUT2D eigenvalue weighted by molar-refractivity contribution is -0.119. The van der Waals surface area contributed by atoms with Gasteiger partial charge in [-0.05, 0) is 82.2 Å². The van der Waals surface area contributed by atoms with Crippen LogP contribution in [0.1, 0.15) is 31.2 Å². The van der Waals surface area contributed by atoms with Gasteiger partial charge in [0, 0.05) is 11.0 Å². The molecule has 0 saturated carbocycles. The van der Waals surface area contributed by atoms with Gasteiger partial charge in [-0.2, -0.15) is 0 Å². The van der Waals surface area contributed by atoms with E-state index >= 15 is 0 Å². The van der Waals surface area contributed by atoms with Crippen molar-refractivity contribution in [2.45, 2.75) is 37.5 Å². The third kappa shape index (κ3) is 6.79. The van der Waals surface area contributed by atoms with E-state index in [0.717, 1.165) is 36.1 Å². The number of rotatable bonds is 9. The lowest BCUT2D eigenvalue weighted by Crippen LogP contribution is -2.41. The number of benzene rings is 2. The topological polar surface area (TPSA) is 69.7 Å². The number of anilines is 1. The maximum absolute atomic E-state index is 13.3. The molecule has 2 aromatic rings. The van der Waals surface area contributed by atoms with Crippen LogP contribution < -0.4 is 9.62 Å². The Morgan fingerprint density at radius 1 is 1.03 bits per heavy atom. The van der Waals surface area contributed by atoms with Crippen molar-refractivity contribution in [3.8, 4) is 0 Å². The minimum atomic E-state index is -3.88. The summed E-state index contributed by atoms with van der Waals surface area (Å²) in [6.45, 7) is 5.38. The number of hydrogen-bond donors (Lipinski definition) is 1. The first-order chi connectivity index (χ1) is 14.9. The zero-order valence-corrected chi connectivity index (χ0v) is 20.3. The molecule has 1 fully saturated rings. The highest BCUT2D eigenvalue weighted by Crippen LogP contribution is 2.25. The van der Waals surface area contributed by atoms with Gasteiger partial charge in [0.05, 0.1) is 10.6 Å². The molecule has 8 heteroatoms. The minimum Gasteiger partial charge on any atom is -0.354 e. The third-order valence-electron chi connectivity index (χ3n) is 5.43. The third-order valence-corrected chi connectivity index (χ3v) is 7.75. The number of nitrogens with one attached hydrogen (secondary N) is 1. The quantitative estimate of drug-likeness (QED) is 0.521. The van der Waals surface area contributed by atoms with E-state index in [0.29, 0.717) is 12.2 Å². The number of likely N-dealkylation sites (tertiary alicyclic amines) is 1. The van der Waals surface area contributed by atoms with Gasteiger partial charge in [0.1, 0.15) is 6.54 Å². The van der Waals surface area contributed by atoms with E-state index in [-0.39, 0.29) is 17.3 Å². The average molecular weight is 508 g/mol. The van der Waals surface area contributed by atoms with Crippen LogP contribution in [0.2, 0.25) is 0 Å². The largest absolute Gasteiger partial charge is 0.354 e. The van der Waals surface area contributed by atoms with Crippen molar-refractivity contribution >= 4 is 37.5 Å². The number of halogens is 1. The molecule has 0 aromatic heterocycles. The maximum atomic E-state index is 13.3. The summed E-state index contributed by atoms with van der Waals surface area (Å²) < 4.78 is 28.7. The minimum absolute atomic E-state index is 0.166. The second-order valence-corrected chi connectivity index (χ2v) is 10.7. The van der Waals surface area contributed by atoms with E-state index in [1.807, 2.05) is 6.92 Å².